The monoisotopic (exact) mass is 137 g/mol. The second-order valence-corrected chi connectivity index (χ2v) is 2.64. The van der Waals surface area contributed by atoms with Gasteiger partial charge >= 0.3 is 0 Å². The van der Waals surface area contributed by atoms with Gasteiger partial charge in [0.1, 0.15) is 5.82 Å². The highest BCUT2D eigenvalue weighted by molar-refractivity contribution is 5.33. The quantitative estimate of drug-likeness (QED) is 0.665. The zero-order valence-electron chi connectivity index (χ0n) is 6.04. The third-order valence-corrected chi connectivity index (χ3v) is 1.82. The Bertz CT molecular complexity index is 225. The Balaban J connectivity index is 2.28. The van der Waals surface area contributed by atoms with Crippen LogP contribution in [-0.2, 0) is 0 Å². The molecule has 1 saturated carbocycles. The lowest BCUT2D eigenvalue weighted by Gasteiger charge is -2.02. The minimum absolute atomic E-state index is 0.678. The van der Waals surface area contributed by atoms with Gasteiger partial charge in [0.15, 0.2) is 0 Å². The first kappa shape index (κ1) is 5.77. The lowest BCUT2D eigenvalue weighted by atomic mass is 10.6. The normalized spacial score (nSPS) is 17.3. The van der Waals surface area contributed by atoms with E-state index in [1.54, 1.807) is 0 Å². The van der Waals surface area contributed by atoms with Crippen molar-refractivity contribution >= 4 is 5.82 Å². The third-order valence-electron chi connectivity index (χ3n) is 1.82. The maximum absolute atomic E-state index is 4.20. The number of aromatic nitrogens is 2. The molecule has 1 fully saturated rings. The Morgan fingerprint density at radius 1 is 1.70 bits per heavy atom. The predicted octanol–water partition coefficient (Wildman–Crippen LogP) is 1.26. The van der Waals surface area contributed by atoms with Crippen LogP contribution in [0.15, 0.2) is 12.3 Å². The number of hydrogen-bond acceptors (Lipinski definition) is 2. The first-order chi connectivity index (χ1) is 4.92. The molecule has 0 aliphatic heterocycles. The standard InChI is InChI=1S/C7H11N3/c1-8-7-4-5-9-10(7)6-2-3-6/h4-6,8H,2-3H2,1H3. The van der Waals surface area contributed by atoms with Crippen molar-refractivity contribution in [1.29, 1.82) is 0 Å². The van der Waals surface area contributed by atoms with Crippen molar-refractivity contribution in [1.82, 2.24) is 9.78 Å². The van der Waals surface area contributed by atoms with Gasteiger partial charge in [0.25, 0.3) is 0 Å². The van der Waals surface area contributed by atoms with Gasteiger partial charge in [-0.2, -0.15) is 5.10 Å². The van der Waals surface area contributed by atoms with Gasteiger partial charge in [-0.05, 0) is 12.8 Å². The lowest BCUT2D eigenvalue weighted by Crippen LogP contribution is -2.01. The fraction of sp³-hybridized carbons (Fsp3) is 0.571. The summed E-state index contributed by atoms with van der Waals surface area (Å²) in [6, 6.07) is 2.68. The largest absolute Gasteiger partial charge is 0.373 e. The molecular weight excluding hydrogens is 126 g/mol. The third kappa shape index (κ3) is 0.781. The van der Waals surface area contributed by atoms with Crippen LogP contribution in [-0.4, -0.2) is 16.8 Å². The van der Waals surface area contributed by atoms with Crippen LogP contribution in [0.5, 0.6) is 0 Å². The van der Waals surface area contributed by atoms with Crippen molar-refractivity contribution in [3.05, 3.63) is 12.3 Å². The average Bonchev–Trinajstić information content (AvgIpc) is 2.69. The molecule has 0 saturated heterocycles. The molecular formula is C7H11N3. The first-order valence-corrected chi connectivity index (χ1v) is 3.63. The van der Waals surface area contributed by atoms with E-state index in [9.17, 15) is 0 Å². The van der Waals surface area contributed by atoms with Crippen LogP contribution in [0.2, 0.25) is 0 Å². The molecule has 1 aliphatic carbocycles. The molecule has 2 rings (SSSR count). The molecule has 1 N–H and O–H groups in total. The molecule has 1 aromatic heterocycles. The Morgan fingerprint density at radius 3 is 3.10 bits per heavy atom. The molecule has 1 aliphatic rings. The van der Waals surface area contributed by atoms with Gasteiger partial charge in [0, 0.05) is 13.1 Å². The fourth-order valence-electron chi connectivity index (χ4n) is 1.12. The van der Waals surface area contributed by atoms with Crippen LogP contribution in [0, 0.1) is 0 Å². The van der Waals surface area contributed by atoms with Gasteiger partial charge in [0.2, 0.25) is 0 Å². The summed E-state index contributed by atoms with van der Waals surface area (Å²) in [5, 5.41) is 7.30. The smallest absolute Gasteiger partial charge is 0.124 e. The summed E-state index contributed by atoms with van der Waals surface area (Å²) in [5.74, 6) is 1.13. The van der Waals surface area contributed by atoms with E-state index in [1.807, 2.05) is 19.3 Å². The molecule has 0 radical (unpaired) electrons. The number of anilines is 1. The molecule has 3 nitrogen and oxygen atoms in total. The summed E-state index contributed by atoms with van der Waals surface area (Å²) < 4.78 is 2.06. The summed E-state index contributed by atoms with van der Waals surface area (Å²) >= 11 is 0. The van der Waals surface area contributed by atoms with Crippen molar-refractivity contribution < 1.29 is 0 Å². The van der Waals surface area contributed by atoms with E-state index in [-0.39, 0.29) is 0 Å². The number of nitrogens with zero attached hydrogens (tertiary/aromatic N) is 2. The Morgan fingerprint density at radius 2 is 2.50 bits per heavy atom. The SMILES string of the molecule is CNc1ccnn1C1CC1. The molecule has 0 atom stereocenters. The van der Waals surface area contributed by atoms with Gasteiger partial charge in [-0.1, -0.05) is 0 Å². The Kier molecular flexibility index (Phi) is 1.16. The van der Waals surface area contributed by atoms with E-state index in [0.29, 0.717) is 6.04 Å². The molecule has 3 heteroatoms. The van der Waals surface area contributed by atoms with E-state index in [4.69, 9.17) is 0 Å². The first-order valence-electron chi connectivity index (χ1n) is 3.63. The van der Waals surface area contributed by atoms with Gasteiger partial charge in [0.05, 0.1) is 12.2 Å². The highest BCUT2D eigenvalue weighted by atomic mass is 15.3. The van der Waals surface area contributed by atoms with Crippen molar-refractivity contribution in [2.75, 3.05) is 12.4 Å². The second-order valence-electron chi connectivity index (χ2n) is 2.64. The van der Waals surface area contributed by atoms with Gasteiger partial charge < -0.3 is 5.32 Å². The number of nitrogens with one attached hydrogen (secondary N) is 1. The molecule has 0 unspecified atom stereocenters. The van der Waals surface area contributed by atoms with E-state index in [1.165, 1.54) is 12.8 Å². The minimum atomic E-state index is 0.678. The molecule has 0 aromatic carbocycles. The highest BCUT2D eigenvalue weighted by Crippen LogP contribution is 2.36. The second kappa shape index (κ2) is 2.01. The predicted molar refractivity (Wildman–Crippen MR) is 40.0 cm³/mol. The van der Waals surface area contributed by atoms with Gasteiger partial charge in [-0.25, -0.2) is 4.68 Å². The molecule has 1 heterocycles. The molecule has 0 bridgehead atoms. The summed E-state index contributed by atoms with van der Waals surface area (Å²) in [6.07, 6.45) is 4.41. The van der Waals surface area contributed by atoms with Crippen molar-refractivity contribution in [2.24, 2.45) is 0 Å². The number of hydrogen-bond donors (Lipinski definition) is 1. The van der Waals surface area contributed by atoms with Crippen LogP contribution < -0.4 is 5.32 Å². The van der Waals surface area contributed by atoms with Crippen LogP contribution >= 0.6 is 0 Å². The van der Waals surface area contributed by atoms with Gasteiger partial charge in [-0.3, -0.25) is 0 Å². The Hall–Kier alpha value is -0.990. The van der Waals surface area contributed by atoms with E-state index in [0.717, 1.165) is 5.82 Å². The van der Waals surface area contributed by atoms with Crippen LogP contribution in [0.25, 0.3) is 0 Å². The van der Waals surface area contributed by atoms with E-state index < -0.39 is 0 Å². The summed E-state index contributed by atoms with van der Waals surface area (Å²) in [4.78, 5) is 0. The molecule has 1 aromatic rings. The zero-order valence-corrected chi connectivity index (χ0v) is 6.04. The Labute approximate surface area is 60.0 Å². The van der Waals surface area contributed by atoms with Crippen LogP contribution in [0.3, 0.4) is 0 Å². The van der Waals surface area contributed by atoms with Crippen molar-refractivity contribution in [3.8, 4) is 0 Å². The summed E-state index contributed by atoms with van der Waals surface area (Å²) in [7, 11) is 1.93. The summed E-state index contributed by atoms with van der Waals surface area (Å²) in [6.45, 7) is 0. The topological polar surface area (TPSA) is 29.9 Å². The molecule has 0 amide bonds. The van der Waals surface area contributed by atoms with Crippen LogP contribution in [0.4, 0.5) is 5.82 Å². The molecule has 54 valence electrons. The summed E-state index contributed by atoms with van der Waals surface area (Å²) in [5.41, 5.74) is 0. The fourth-order valence-corrected chi connectivity index (χ4v) is 1.12. The highest BCUT2D eigenvalue weighted by Gasteiger charge is 2.25. The van der Waals surface area contributed by atoms with Crippen molar-refractivity contribution in [3.63, 3.8) is 0 Å². The maximum atomic E-state index is 4.20. The lowest BCUT2D eigenvalue weighted by molar-refractivity contribution is 0.649. The zero-order chi connectivity index (χ0) is 6.97. The number of rotatable bonds is 2. The van der Waals surface area contributed by atoms with E-state index in [2.05, 4.69) is 15.1 Å². The van der Waals surface area contributed by atoms with E-state index >= 15 is 0 Å². The minimum Gasteiger partial charge on any atom is -0.373 e. The maximum Gasteiger partial charge on any atom is 0.124 e. The molecule has 0 spiro atoms. The average molecular weight is 137 g/mol. The van der Waals surface area contributed by atoms with Crippen molar-refractivity contribution in [2.45, 2.75) is 18.9 Å². The molecule has 10 heavy (non-hydrogen) atoms. The van der Waals surface area contributed by atoms with Crippen LogP contribution in [0.1, 0.15) is 18.9 Å². The van der Waals surface area contributed by atoms with Gasteiger partial charge in [-0.15, -0.1) is 0 Å².